The number of hydrogen-bond acceptors (Lipinski definition) is 10. The molecule has 3 heterocycles. The van der Waals surface area contributed by atoms with Gasteiger partial charge in [0.1, 0.15) is 12.4 Å². The third-order valence-corrected chi connectivity index (χ3v) is 7.66. The highest BCUT2D eigenvalue weighted by atomic mass is 19.1. The maximum atomic E-state index is 14.6. The van der Waals surface area contributed by atoms with E-state index in [1.54, 1.807) is 0 Å². The number of piperazine rings is 1. The number of anilines is 3. The Labute approximate surface area is 244 Å². The normalized spacial score (nSPS) is 16.3. The molecule has 42 heavy (non-hydrogen) atoms. The number of nitrogens with one attached hydrogen (secondary N) is 2. The lowest BCUT2D eigenvalue weighted by Crippen LogP contribution is -2.52. The highest BCUT2D eigenvalue weighted by molar-refractivity contribution is 5.67. The fourth-order valence-electron chi connectivity index (χ4n) is 5.45. The van der Waals surface area contributed by atoms with Gasteiger partial charge in [-0.2, -0.15) is 0 Å². The molecule has 2 saturated heterocycles. The topological polar surface area (TPSA) is 93.2 Å². The van der Waals surface area contributed by atoms with Crippen molar-refractivity contribution >= 4 is 17.3 Å². The Morgan fingerprint density at radius 3 is 2.19 bits per heavy atom. The molecular formula is C30H38F2N6O4. The van der Waals surface area contributed by atoms with Crippen LogP contribution in [0.1, 0.15) is 25.3 Å². The van der Waals surface area contributed by atoms with Crippen LogP contribution >= 0.6 is 0 Å². The van der Waals surface area contributed by atoms with Crippen molar-refractivity contribution < 1.29 is 27.7 Å². The van der Waals surface area contributed by atoms with E-state index >= 15 is 0 Å². The van der Waals surface area contributed by atoms with Gasteiger partial charge in [-0.1, -0.05) is 0 Å². The summed E-state index contributed by atoms with van der Waals surface area (Å²) in [6, 6.07) is 7.80. The van der Waals surface area contributed by atoms with E-state index in [2.05, 4.69) is 36.5 Å². The van der Waals surface area contributed by atoms with Crippen LogP contribution in [0.25, 0.3) is 0 Å². The van der Waals surface area contributed by atoms with Crippen molar-refractivity contribution in [3.8, 4) is 23.0 Å². The first-order valence-corrected chi connectivity index (χ1v) is 14.3. The second-order valence-electron chi connectivity index (χ2n) is 10.2. The van der Waals surface area contributed by atoms with Crippen LogP contribution in [0.3, 0.4) is 0 Å². The van der Waals surface area contributed by atoms with Crippen LogP contribution < -0.4 is 34.5 Å². The predicted molar refractivity (Wildman–Crippen MR) is 156 cm³/mol. The summed E-state index contributed by atoms with van der Waals surface area (Å²) in [4.78, 5) is 13.6. The van der Waals surface area contributed by atoms with Crippen molar-refractivity contribution in [2.24, 2.45) is 0 Å². The summed E-state index contributed by atoms with van der Waals surface area (Å²) in [5, 5.41) is 6.63. The molecule has 0 bridgehead atoms. The van der Waals surface area contributed by atoms with Crippen LogP contribution in [-0.4, -0.2) is 81.0 Å². The minimum atomic E-state index is -0.854. The van der Waals surface area contributed by atoms with E-state index in [9.17, 15) is 8.78 Å². The van der Waals surface area contributed by atoms with Crippen molar-refractivity contribution in [1.82, 2.24) is 20.2 Å². The van der Waals surface area contributed by atoms with E-state index in [1.807, 2.05) is 19.1 Å². The minimum Gasteiger partial charge on any atom is -0.494 e. The first kappa shape index (κ1) is 29.6. The van der Waals surface area contributed by atoms with Crippen LogP contribution in [0.5, 0.6) is 23.0 Å². The van der Waals surface area contributed by atoms with Crippen molar-refractivity contribution in [3.63, 3.8) is 0 Å². The summed E-state index contributed by atoms with van der Waals surface area (Å²) < 4.78 is 50.8. The molecule has 2 aliphatic heterocycles. The van der Waals surface area contributed by atoms with Gasteiger partial charge in [0, 0.05) is 63.1 Å². The Kier molecular flexibility index (Phi) is 9.75. The van der Waals surface area contributed by atoms with Gasteiger partial charge in [-0.3, -0.25) is 4.90 Å². The molecule has 0 unspecified atom stereocenters. The number of piperidine rings is 1. The lowest BCUT2D eigenvalue weighted by Gasteiger charge is -2.41. The quantitative estimate of drug-likeness (QED) is 0.339. The first-order chi connectivity index (χ1) is 20.5. The standard InChI is InChI=1S/C30H38F2N6O4/c1-4-41-25-15-20(5-6-24(25)38-11-7-21(8-12-38)37-13-9-33-10-14-37)36-30-34-17-22(18-35-30)42-19-23-28(31)26(39-2)16-27(40-3)29(23)32/h5-6,15-18,21,33H,4,7-14,19H2,1-3H3,(H,34,35,36). The molecular weight excluding hydrogens is 546 g/mol. The van der Waals surface area contributed by atoms with E-state index in [1.165, 1.54) is 26.6 Å². The van der Waals surface area contributed by atoms with Crippen molar-refractivity contribution in [2.45, 2.75) is 32.4 Å². The van der Waals surface area contributed by atoms with Gasteiger partial charge in [-0.25, -0.2) is 18.7 Å². The molecule has 0 aliphatic carbocycles. The zero-order chi connectivity index (χ0) is 29.5. The molecule has 3 aromatic rings. The minimum absolute atomic E-state index is 0.139. The second-order valence-corrected chi connectivity index (χ2v) is 10.2. The van der Waals surface area contributed by atoms with Crippen molar-refractivity contribution in [1.29, 1.82) is 0 Å². The number of rotatable bonds is 11. The fourth-order valence-corrected chi connectivity index (χ4v) is 5.45. The predicted octanol–water partition coefficient (Wildman–Crippen LogP) is 4.37. The van der Waals surface area contributed by atoms with Gasteiger partial charge in [0.2, 0.25) is 5.95 Å². The Hall–Kier alpha value is -3.90. The monoisotopic (exact) mass is 584 g/mol. The Balaban J connectivity index is 1.21. The van der Waals surface area contributed by atoms with Gasteiger partial charge in [-0.05, 0) is 31.9 Å². The second kappa shape index (κ2) is 13.8. The molecule has 0 amide bonds. The third kappa shape index (κ3) is 6.76. The molecule has 0 radical (unpaired) electrons. The highest BCUT2D eigenvalue weighted by Crippen LogP contribution is 2.35. The zero-order valence-corrected chi connectivity index (χ0v) is 24.3. The number of nitrogens with zero attached hydrogens (tertiary/aromatic N) is 4. The molecule has 1 aromatic heterocycles. The van der Waals surface area contributed by atoms with Gasteiger partial charge in [0.25, 0.3) is 0 Å². The van der Waals surface area contributed by atoms with Crippen LogP contribution in [0.15, 0.2) is 36.7 Å². The molecule has 10 nitrogen and oxygen atoms in total. The molecule has 2 N–H and O–H groups in total. The largest absolute Gasteiger partial charge is 0.494 e. The number of halogens is 2. The molecule has 5 rings (SSSR count). The zero-order valence-electron chi connectivity index (χ0n) is 24.3. The summed E-state index contributed by atoms with van der Waals surface area (Å²) >= 11 is 0. The average molecular weight is 585 g/mol. The SMILES string of the molecule is CCOc1cc(Nc2ncc(OCc3c(F)c(OC)cc(OC)c3F)cn2)ccc1N1CCC(N2CCNCC2)CC1. The summed E-state index contributed by atoms with van der Waals surface area (Å²) in [5.41, 5.74) is 1.55. The van der Waals surface area contributed by atoms with Crippen LogP contribution in [0, 0.1) is 11.6 Å². The fraction of sp³-hybridized carbons (Fsp3) is 0.467. The first-order valence-electron chi connectivity index (χ1n) is 14.3. The molecule has 2 fully saturated rings. The van der Waals surface area contributed by atoms with E-state index in [4.69, 9.17) is 18.9 Å². The summed E-state index contributed by atoms with van der Waals surface area (Å²) in [6.45, 7) is 8.50. The number of benzene rings is 2. The van der Waals surface area contributed by atoms with Gasteiger partial charge in [0.05, 0.1) is 44.5 Å². The van der Waals surface area contributed by atoms with Gasteiger partial charge < -0.3 is 34.5 Å². The molecule has 0 saturated carbocycles. The highest BCUT2D eigenvalue weighted by Gasteiger charge is 2.27. The number of ether oxygens (including phenoxy) is 4. The number of methoxy groups -OCH3 is 2. The summed E-state index contributed by atoms with van der Waals surface area (Å²) in [5.74, 6) is -0.592. The smallest absolute Gasteiger partial charge is 0.227 e. The van der Waals surface area contributed by atoms with Crippen molar-refractivity contribution in [3.05, 3.63) is 53.9 Å². The maximum absolute atomic E-state index is 14.6. The Morgan fingerprint density at radius 1 is 0.905 bits per heavy atom. The lowest BCUT2D eigenvalue weighted by molar-refractivity contribution is 0.150. The van der Waals surface area contributed by atoms with Crippen LogP contribution in [0.2, 0.25) is 0 Å². The lowest BCUT2D eigenvalue weighted by atomic mass is 10.0. The molecule has 2 aromatic carbocycles. The maximum Gasteiger partial charge on any atom is 0.227 e. The van der Waals surface area contributed by atoms with Gasteiger partial charge in [-0.15, -0.1) is 0 Å². The molecule has 0 spiro atoms. The van der Waals surface area contributed by atoms with Crippen LogP contribution in [-0.2, 0) is 6.61 Å². The Bertz CT molecular complexity index is 1300. The molecule has 0 atom stereocenters. The van der Waals surface area contributed by atoms with Gasteiger partial charge in [0.15, 0.2) is 28.9 Å². The molecule has 2 aliphatic rings. The Morgan fingerprint density at radius 2 is 1.57 bits per heavy atom. The van der Waals surface area contributed by atoms with E-state index in [0.717, 1.165) is 75.3 Å². The number of hydrogen-bond donors (Lipinski definition) is 2. The molecule has 226 valence electrons. The van der Waals surface area contributed by atoms with E-state index in [0.29, 0.717) is 18.6 Å². The third-order valence-electron chi connectivity index (χ3n) is 7.66. The van der Waals surface area contributed by atoms with Crippen LogP contribution in [0.4, 0.5) is 26.1 Å². The number of aromatic nitrogens is 2. The molecule has 12 heteroatoms. The van der Waals surface area contributed by atoms with Gasteiger partial charge >= 0.3 is 0 Å². The summed E-state index contributed by atoms with van der Waals surface area (Å²) in [6.07, 6.45) is 5.14. The van der Waals surface area contributed by atoms with Crippen molar-refractivity contribution in [2.75, 3.05) is 70.3 Å². The van der Waals surface area contributed by atoms with E-state index in [-0.39, 0.29) is 22.8 Å². The van der Waals surface area contributed by atoms with E-state index < -0.39 is 18.2 Å². The average Bonchev–Trinajstić information content (AvgIpc) is 3.03. The summed E-state index contributed by atoms with van der Waals surface area (Å²) in [7, 11) is 2.59.